The van der Waals surface area contributed by atoms with Crippen LogP contribution in [0.5, 0.6) is 0 Å². The average molecular weight is 553 g/mol. The molecule has 0 radical (unpaired) electrons. The lowest BCUT2D eigenvalue weighted by atomic mass is 10.0. The van der Waals surface area contributed by atoms with Crippen LogP contribution in [0.3, 0.4) is 0 Å². The van der Waals surface area contributed by atoms with Gasteiger partial charge < -0.3 is 14.4 Å². The number of hydrogen-bond acceptors (Lipinski definition) is 5. The van der Waals surface area contributed by atoms with E-state index in [1.54, 1.807) is 30.4 Å². The predicted octanol–water partition coefficient (Wildman–Crippen LogP) is 5.27. The van der Waals surface area contributed by atoms with Gasteiger partial charge in [-0.2, -0.15) is 0 Å². The average Bonchev–Trinajstić information content (AvgIpc) is 3.40. The maximum absolute atomic E-state index is 14.5. The highest BCUT2D eigenvalue weighted by Crippen LogP contribution is 2.34. The zero-order valence-corrected chi connectivity index (χ0v) is 22.5. The molecule has 1 unspecified atom stereocenters. The van der Waals surface area contributed by atoms with Crippen LogP contribution in [0.1, 0.15) is 30.4 Å². The zero-order valence-electron chi connectivity index (χ0n) is 20.9. The van der Waals surface area contributed by atoms with Crippen molar-refractivity contribution in [2.45, 2.75) is 30.9 Å². The van der Waals surface area contributed by atoms with Crippen LogP contribution in [-0.2, 0) is 25.9 Å². The van der Waals surface area contributed by atoms with Gasteiger partial charge in [-0.1, -0.05) is 17.7 Å². The number of halogens is 3. The summed E-state index contributed by atoms with van der Waals surface area (Å²) < 4.78 is 69.4. The summed E-state index contributed by atoms with van der Waals surface area (Å²) >= 11 is 6.27. The van der Waals surface area contributed by atoms with Gasteiger partial charge in [-0.05, 0) is 80.4 Å². The van der Waals surface area contributed by atoms with Crippen LogP contribution >= 0.6 is 11.6 Å². The Kier molecular flexibility index (Phi) is 8.77. The van der Waals surface area contributed by atoms with Gasteiger partial charge in [-0.15, -0.1) is 0 Å². The van der Waals surface area contributed by atoms with Crippen molar-refractivity contribution in [1.82, 2.24) is 4.90 Å². The molecular formula is C27H31ClF2N2O4S. The Morgan fingerprint density at radius 1 is 1.05 bits per heavy atom. The molecule has 0 spiro atoms. The van der Waals surface area contributed by atoms with Crippen LogP contribution < -0.4 is 4.31 Å². The molecule has 2 aromatic rings. The summed E-state index contributed by atoms with van der Waals surface area (Å²) in [6.45, 7) is 2.52. The molecule has 1 heterocycles. The number of ether oxygens (including phenoxy) is 2. The molecule has 0 N–H and O–H groups in total. The fraction of sp³-hybridized carbons (Fsp3) is 0.407. The zero-order chi connectivity index (χ0) is 26.6. The van der Waals surface area contributed by atoms with Gasteiger partial charge in [0.1, 0.15) is 16.9 Å². The molecule has 6 nitrogen and oxygen atoms in total. The van der Waals surface area contributed by atoms with Crippen molar-refractivity contribution in [2.75, 3.05) is 44.7 Å². The Bertz CT molecular complexity index is 1270. The number of allylic oxidation sites excluding steroid dienone is 1. The first-order valence-corrected chi connectivity index (χ1v) is 14.1. The van der Waals surface area contributed by atoms with E-state index in [0.29, 0.717) is 34.3 Å². The molecule has 0 aromatic heterocycles. The molecule has 1 saturated heterocycles. The molecule has 1 atom stereocenters. The van der Waals surface area contributed by atoms with E-state index in [2.05, 4.69) is 4.90 Å². The van der Waals surface area contributed by atoms with E-state index in [0.717, 1.165) is 25.9 Å². The van der Waals surface area contributed by atoms with Gasteiger partial charge in [-0.25, -0.2) is 17.2 Å². The summed E-state index contributed by atoms with van der Waals surface area (Å²) in [4.78, 5) is 2.22. The van der Waals surface area contributed by atoms with Gasteiger partial charge in [0.05, 0.1) is 19.9 Å². The molecular weight excluding hydrogens is 522 g/mol. The van der Waals surface area contributed by atoms with Gasteiger partial charge in [0.25, 0.3) is 0 Å². The fourth-order valence-corrected chi connectivity index (χ4v) is 6.77. The van der Waals surface area contributed by atoms with Gasteiger partial charge in [0, 0.05) is 30.1 Å². The highest BCUT2D eigenvalue weighted by Gasteiger charge is 2.35. The summed E-state index contributed by atoms with van der Waals surface area (Å²) in [7, 11) is -1.02. The lowest BCUT2D eigenvalue weighted by Gasteiger charge is -2.32. The fourth-order valence-electron chi connectivity index (χ4n) is 4.82. The van der Waals surface area contributed by atoms with Crippen LogP contribution in [0.25, 0.3) is 0 Å². The summed E-state index contributed by atoms with van der Waals surface area (Å²) in [5.41, 5.74) is 0.622. The minimum Gasteiger partial charge on any atom is -0.493 e. The van der Waals surface area contributed by atoms with Crippen LogP contribution in [0.2, 0.25) is 5.02 Å². The quantitative estimate of drug-likeness (QED) is 0.402. The van der Waals surface area contributed by atoms with E-state index in [1.165, 1.54) is 36.7 Å². The summed E-state index contributed by atoms with van der Waals surface area (Å²) in [5.74, 6) is -0.587. The van der Waals surface area contributed by atoms with Crippen molar-refractivity contribution in [3.8, 4) is 0 Å². The van der Waals surface area contributed by atoms with Crippen molar-refractivity contribution >= 4 is 27.3 Å². The molecule has 1 aliphatic carbocycles. The summed E-state index contributed by atoms with van der Waals surface area (Å²) in [6, 6.07) is 8.44. The normalized spacial score (nSPS) is 18.4. The van der Waals surface area contributed by atoms with E-state index in [-0.39, 0.29) is 24.9 Å². The summed E-state index contributed by atoms with van der Waals surface area (Å²) in [5, 5.41) is -0.562. The topological polar surface area (TPSA) is 59.1 Å². The van der Waals surface area contributed by atoms with E-state index in [4.69, 9.17) is 21.1 Å². The second-order valence-corrected chi connectivity index (χ2v) is 11.6. The van der Waals surface area contributed by atoms with E-state index in [1.807, 2.05) is 0 Å². The third kappa shape index (κ3) is 6.10. The van der Waals surface area contributed by atoms with Gasteiger partial charge >= 0.3 is 0 Å². The molecule has 200 valence electrons. The minimum atomic E-state index is -3.97. The van der Waals surface area contributed by atoms with Crippen molar-refractivity contribution in [1.29, 1.82) is 0 Å². The maximum atomic E-state index is 14.5. The van der Waals surface area contributed by atoms with Crippen LogP contribution in [-0.4, -0.2) is 59.0 Å². The van der Waals surface area contributed by atoms with E-state index < -0.39 is 26.9 Å². The first kappa shape index (κ1) is 27.4. The molecule has 0 amide bonds. The van der Waals surface area contributed by atoms with Crippen molar-refractivity contribution in [3.05, 3.63) is 87.9 Å². The first-order valence-electron chi connectivity index (χ1n) is 12.2. The molecule has 1 aliphatic heterocycles. The molecule has 37 heavy (non-hydrogen) atoms. The van der Waals surface area contributed by atoms with Crippen molar-refractivity contribution < 1.29 is 26.7 Å². The van der Waals surface area contributed by atoms with Gasteiger partial charge in [-0.3, -0.25) is 4.31 Å². The molecule has 4 rings (SSSR count). The van der Waals surface area contributed by atoms with Gasteiger partial charge in [0.15, 0.2) is 11.5 Å². The first-order chi connectivity index (χ1) is 17.7. The number of sulfonamides is 1. The number of anilines is 1. The number of hydrogen-bond donors (Lipinski definition) is 0. The molecule has 0 bridgehead atoms. The SMILES string of the molecule is COC1=CCC(S(=O)(=O)N(CCN2CCCC2)c2ccc(Cl)cc2Cc2c(F)cccc2F)C=C1OC. The van der Waals surface area contributed by atoms with Crippen LogP contribution in [0.15, 0.2) is 60.1 Å². The molecule has 2 aromatic carbocycles. The summed E-state index contributed by atoms with van der Waals surface area (Å²) in [6.07, 6.45) is 5.42. The largest absolute Gasteiger partial charge is 0.493 e. The molecule has 2 aliphatic rings. The second-order valence-electron chi connectivity index (χ2n) is 9.10. The number of methoxy groups -OCH3 is 2. The molecule has 0 saturated carbocycles. The monoisotopic (exact) mass is 552 g/mol. The Morgan fingerprint density at radius 2 is 1.73 bits per heavy atom. The third-order valence-electron chi connectivity index (χ3n) is 6.80. The lowest BCUT2D eigenvalue weighted by molar-refractivity contribution is 0.215. The van der Waals surface area contributed by atoms with E-state index in [9.17, 15) is 17.2 Å². The van der Waals surface area contributed by atoms with Gasteiger partial charge in [0.2, 0.25) is 10.0 Å². The van der Waals surface area contributed by atoms with Crippen LogP contribution in [0, 0.1) is 11.6 Å². The lowest BCUT2D eigenvalue weighted by Crippen LogP contribution is -2.43. The predicted molar refractivity (Wildman–Crippen MR) is 141 cm³/mol. The third-order valence-corrected chi connectivity index (χ3v) is 9.12. The maximum Gasteiger partial charge on any atom is 0.242 e. The van der Waals surface area contributed by atoms with Crippen LogP contribution in [0.4, 0.5) is 14.5 Å². The smallest absolute Gasteiger partial charge is 0.242 e. The molecule has 1 fully saturated rings. The number of likely N-dealkylation sites (tertiary alicyclic amines) is 1. The Labute approximate surface area is 222 Å². The minimum absolute atomic E-state index is 0.144. The second kappa shape index (κ2) is 11.8. The highest BCUT2D eigenvalue weighted by atomic mass is 35.5. The molecule has 10 heteroatoms. The number of benzene rings is 2. The number of rotatable bonds is 10. The Hall–Kier alpha value is -2.62. The van der Waals surface area contributed by atoms with E-state index >= 15 is 0 Å². The Balaban J connectivity index is 1.76. The van der Waals surface area contributed by atoms with Crippen molar-refractivity contribution in [2.24, 2.45) is 0 Å². The highest BCUT2D eigenvalue weighted by molar-refractivity contribution is 7.93. The number of nitrogens with zero attached hydrogens (tertiary/aromatic N) is 2. The Morgan fingerprint density at radius 3 is 2.38 bits per heavy atom. The van der Waals surface area contributed by atoms with Crippen molar-refractivity contribution in [3.63, 3.8) is 0 Å². The standard InChI is InChI=1S/C27H31ClF2N2O4S/c1-35-26-11-9-21(18-27(26)36-2)37(33,34)32(15-14-31-12-3-4-13-31)25-10-8-20(28)16-19(25)17-22-23(29)6-5-7-24(22)30/h5-8,10-11,16,18,21H,3-4,9,12-15,17H2,1-2H3.